The second-order valence-corrected chi connectivity index (χ2v) is 13.8. The van der Waals surface area contributed by atoms with Crippen molar-refractivity contribution in [2.75, 3.05) is 38.2 Å². The number of fused-ring (bicyclic) bond motifs is 1. The molecule has 0 spiro atoms. The van der Waals surface area contributed by atoms with Crippen LogP contribution in [0.15, 0.2) is 42.5 Å². The molecule has 6 nitrogen and oxygen atoms in total. The van der Waals surface area contributed by atoms with Crippen molar-refractivity contribution in [1.82, 2.24) is 9.80 Å². The summed E-state index contributed by atoms with van der Waals surface area (Å²) in [7, 11) is 0. The topological polar surface area (TPSA) is 78.7 Å². The molecule has 1 saturated heterocycles. The first-order valence-electron chi connectivity index (χ1n) is 16.7. The molecule has 238 valence electrons. The Labute approximate surface area is 261 Å². The fourth-order valence-electron chi connectivity index (χ4n) is 6.42. The van der Waals surface area contributed by atoms with Gasteiger partial charge in [-0.1, -0.05) is 78.3 Å². The molecular formula is C37H58N4O2. The number of Topliss-reactive ketones (excluding diaryl/α,β-unsaturated/α-hetero) is 1. The van der Waals surface area contributed by atoms with Crippen LogP contribution < -0.4 is 11.1 Å². The Bertz CT molecular complexity index is 1170. The number of ketones is 1. The van der Waals surface area contributed by atoms with Gasteiger partial charge in [0.25, 0.3) is 5.91 Å². The number of nitrogens with one attached hydrogen (secondary N) is 1. The Balaban J connectivity index is 0.000000765. The van der Waals surface area contributed by atoms with Crippen LogP contribution in [0.25, 0.3) is 0 Å². The van der Waals surface area contributed by atoms with Gasteiger partial charge in [-0.3, -0.25) is 14.5 Å². The van der Waals surface area contributed by atoms with E-state index >= 15 is 0 Å². The highest BCUT2D eigenvalue weighted by atomic mass is 16.2. The van der Waals surface area contributed by atoms with Crippen LogP contribution in [-0.2, 0) is 11.2 Å². The Hall–Kier alpha value is -2.70. The summed E-state index contributed by atoms with van der Waals surface area (Å²) in [5.41, 5.74) is 11.3. The predicted molar refractivity (Wildman–Crippen MR) is 181 cm³/mol. The van der Waals surface area contributed by atoms with E-state index in [4.69, 9.17) is 5.73 Å². The lowest BCUT2D eigenvalue weighted by Gasteiger charge is -2.37. The highest BCUT2D eigenvalue weighted by molar-refractivity contribution is 6.03. The molecule has 1 fully saturated rings. The summed E-state index contributed by atoms with van der Waals surface area (Å²) in [6, 6.07) is 15.9. The first-order valence-corrected chi connectivity index (χ1v) is 16.7. The smallest absolute Gasteiger partial charge is 0.257 e. The number of anilines is 1. The van der Waals surface area contributed by atoms with Gasteiger partial charge in [0.2, 0.25) is 0 Å². The maximum absolute atomic E-state index is 12.9. The van der Waals surface area contributed by atoms with Crippen molar-refractivity contribution < 1.29 is 9.59 Å². The third-order valence-corrected chi connectivity index (χ3v) is 9.15. The Kier molecular flexibility index (Phi) is 13.3. The number of rotatable bonds is 12. The fourth-order valence-corrected chi connectivity index (χ4v) is 6.42. The Morgan fingerprint density at radius 3 is 2.28 bits per heavy atom. The predicted octanol–water partition coefficient (Wildman–Crippen LogP) is 7.79. The largest absolute Gasteiger partial charge is 0.367 e. The Morgan fingerprint density at radius 2 is 1.72 bits per heavy atom. The van der Waals surface area contributed by atoms with Crippen LogP contribution in [-0.4, -0.2) is 54.3 Å². The fraction of sp³-hybridized carbons (Fsp3) is 0.622. The molecule has 43 heavy (non-hydrogen) atoms. The minimum Gasteiger partial charge on any atom is -0.367 e. The van der Waals surface area contributed by atoms with Crippen molar-refractivity contribution in [2.24, 2.45) is 17.1 Å². The van der Waals surface area contributed by atoms with Gasteiger partial charge in [0, 0.05) is 18.2 Å². The average molecular weight is 591 g/mol. The first kappa shape index (κ1) is 34.8. The zero-order valence-corrected chi connectivity index (χ0v) is 28.0. The summed E-state index contributed by atoms with van der Waals surface area (Å²) in [5, 5.41) is 3.36. The zero-order chi connectivity index (χ0) is 31.6. The van der Waals surface area contributed by atoms with Gasteiger partial charge < -0.3 is 16.0 Å². The summed E-state index contributed by atoms with van der Waals surface area (Å²) >= 11 is 0. The van der Waals surface area contributed by atoms with Gasteiger partial charge in [0.15, 0.2) is 5.78 Å². The van der Waals surface area contributed by atoms with E-state index in [9.17, 15) is 9.59 Å². The molecule has 0 aromatic heterocycles. The normalized spacial score (nSPS) is 16.8. The van der Waals surface area contributed by atoms with Crippen LogP contribution in [0.2, 0.25) is 0 Å². The molecule has 0 aliphatic carbocycles. The molecule has 1 atom stereocenters. The number of benzene rings is 2. The van der Waals surface area contributed by atoms with E-state index in [0.717, 1.165) is 44.1 Å². The maximum atomic E-state index is 12.9. The van der Waals surface area contributed by atoms with E-state index in [2.05, 4.69) is 88.2 Å². The van der Waals surface area contributed by atoms with E-state index in [1.165, 1.54) is 42.4 Å². The Morgan fingerprint density at radius 1 is 1.05 bits per heavy atom. The SMILES string of the molecule is CC(C)CCN.CCCC(C)(C)Cc1ccc(C2CCN(C(C)c3ccc4c(c3)NCN(CC(=O)CC)C4=O)CC2)cc1. The number of nitrogens with two attached hydrogens (primary N) is 1. The van der Waals surface area contributed by atoms with Crippen LogP contribution in [0.4, 0.5) is 5.69 Å². The number of hydrogen-bond acceptors (Lipinski definition) is 5. The molecular weight excluding hydrogens is 532 g/mol. The van der Waals surface area contributed by atoms with Gasteiger partial charge in [-0.15, -0.1) is 0 Å². The van der Waals surface area contributed by atoms with E-state index in [0.29, 0.717) is 36.0 Å². The summed E-state index contributed by atoms with van der Waals surface area (Å²) in [6.07, 6.45) is 7.60. The standard InChI is InChI=1S/C32H45N3O2.C5H13N/c1-6-16-32(4,5)20-24-8-10-25(11-9-24)26-14-17-34(18-15-26)23(3)27-12-13-29-30(19-27)33-22-35(31(29)37)21-28(36)7-2;1-5(2)3-4-6/h8-13,19,23,26,33H,6-7,14-18,20-22H2,1-5H3;5H,3-4,6H2,1-2H3. The summed E-state index contributed by atoms with van der Waals surface area (Å²) in [5.74, 6) is 1.42. The van der Waals surface area contributed by atoms with Gasteiger partial charge in [-0.2, -0.15) is 0 Å². The number of carbonyl (C=O) groups is 2. The van der Waals surface area contributed by atoms with Crippen LogP contribution in [0, 0.1) is 11.3 Å². The molecule has 6 heteroatoms. The number of carbonyl (C=O) groups excluding carboxylic acids is 2. The lowest BCUT2D eigenvalue weighted by Crippen LogP contribution is -2.42. The minimum atomic E-state index is -0.0597. The molecule has 1 amide bonds. The lowest BCUT2D eigenvalue weighted by atomic mass is 9.81. The number of piperidine rings is 1. The molecule has 4 rings (SSSR count). The van der Waals surface area contributed by atoms with Crippen LogP contribution in [0.3, 0.4) is 0 Å². The molecule has 3 N–H and O–H groups in total. The van der Waals surface area contributed by atoms with Crippen molar-refractivity contribution in [1.29, 1.82) is 0 Å². The van der Waals surface area contributed by atoms with E-state index < -0.39 is 0 Å². The molecule has 2 aromatic carbocycles. The van der Waals surface area contributed by atoms with Crippen molar-refractivity contribution in [2.45, 2.75) is 105 Å². The lowest BCUT2D eigenvalue weighted by molar-refractivity contribution is -0.119. The van der Waals surface area contributed by atoms with Gasteiger partial charge in [0.1, 0.15) is 0 Å². The summed E-state index contributed by atoms with van der Waals surface area (Å²) < 4.78 is 0. The molecule has 0 bridgehead atoms. The molecule has 2 aliphatic heterocycles. The number of amides is 1. The number of nitrogens with zero attached hydrogens (tertiary/aromatic N) is 2. The molecule has 2 aromatic rings. The number of likely N-dealkylation sites (tertiary alicyclic amines) is 1. The monoisotopic (exact) mass is 590 g/mol. The van der Waals surface area contributed by atoms with E-state index in [1.807, 2.05) is 13.0 Å². The van der Waals surface area contributed by atoms with Gasteiger partial charge in [-0.05, 0) is 105 Å². The second-order valence-electron chi connectivity index (χ2n) is 13.8. The third-order valence-electron chi connectivity index (χ3n) is 9.15. The van der Waals surface area contributed by atoms with Crippen molar-refractivity contribution >= 4 is 17.4 Å². The van der Waals surface area contributed by atoms with Crippen LogP contribution in [0.1, 0.15) is 126 Å². The summed E-state index contributed by atoms with van der Waals surface area (Å²) in [6.45, 7) is 19.0. The molecule has 1 unspecified atom stereocenters. The van der Waals surface area contributed by atoms with Crippen LogP contribution >= 0.6 is 0 Å². The first-order chi connectivity index (χ1) is 20.5. The molecule has 2 heterocycles. The average Bonchev–Trinajstić information content (AvgIpc) is 2.98. The maximum Gasteiger partial charge on any atom is 0.257 e. The summed E-state index contributed by atoms with van der Waals surface area (Å²) in [4.78, 5) is 28.9. The molecule has 0 saturated carbocycles. The molecule has 0 radical (unpaired) electrons. The minimum absolute atomic E-state index is 0.0597. The number of hydrogen-bond donors (Lipinski definition) is 2. The van der Waals surface area contributed by atoms with Gasteiger partial charge in [0.05, 0.1) is 18.8 Å². The quantitative estimate of drug-likeness (QED) is 0.264. The highest BCUT2D eigenvalue weighted by Crippen LogP contribution is 2.35. The third kappa shape index (κ3) is 10.2. The van der Waals surface area contributed by atoms with Crippen molar-refractivity contribution in [3.8, 4) is 0 Å². The van der Waals surface area contributed by atoms with E-state index in [-0.39, 0.29) is 18.2 Å². The zero-order valence-electron chi connectivity index (χ0n) is 28.0. The van der Waals surface area contributed by atoms with Crippen LogP contribution in [0.5, 0.6) is 0 Å². The van der Waals surface area contributed by atoms with Crippen molar-refractivity contribution in [3.63, 3.8) is 0 Å². The van der Waals surface area contributed by atoms with Crippen molar-refractivity contribution in [3.05, 3.63) is 64.7 Å². The second kappa shape index (κ2) is 16.4. The van der Waals surface area contributed by atoms with Gasteiger partial charge in [-0.25, -0.2) is 0 Å². The van der Waals surface area contributed by atoms with E-state index in [1.54, 1.807) is 4.90 Å². The van der Waals surface area contributed by atoms with Gasteiger partial charge >= 0.3 is 0 Å². The highest BCUT2D eigenvalue weighted by Gasteiger charge is 2.28. The molecule has 2 aliphatic rings.